The van der Waals surface area contributed by atoms with Crippen LogP contribution in [0.25, 0.3) is 93.9 Å². The highest BCUT2D eigenvalue weighted by molar-refractivity contribution is 6.12. The Morgan fingerprint density at radius 3 is 1.51 bits per heavy atom. The molecule has 13 aromatic carbocycles. The first-order chi connectivity index (χ1) is 39.2. The van der Waals surface area contributed by atoms with Crippen LogP contribution in [0.3, 0.4) is 0 Å². The molecule has 0 radical (unpaired) electrons. The largest absolute Gasteiger partial charge is 0.309 e. The molecule has 0 bridgehead atoms. The summed E-state index contributed by atoms with van der Waals surface area (Å²) in [7, 11) is 0. The van der Waals surface area contributed by atoms with Gasteiger partial charge in [-0.3, -0.25) is 0 Å². The van der Waals surface area contributed by atoms with E-state index in [4.69, 9.17) is 0 Å². The Labute approximate surface area is 461 Å². The molecule has 0 atom stereocenters. The second-order valence-electron chi connectivity index (χ2n) is 20.7. The quantitative estimate of drug-likeness (QED) is 0.133. The fourth-order valence-electron chi connectivity index (χ4n) is 13.2. The van der Waals surface area contributed by atoms with E-state index in [-0.39, 0.29) is 0 Å². The number of aromatic nitrogens is 1. The first-order valence-corrected chi connectivity index (χ1v) is 27.3. The highest BCUT2D eigenvalue weighted by atomic mass is 15.1. The molecule has 2 heteroatoms. The molecule has 1 aromatic heterocycles. The summed E-state index contributed by atoms with van der Waals surface area (Å²) >= 11 is 0. The van der Waals surface area contributed by atoms with Gasteiger partial charge < -0.3 is 9.47 Å². The minimum Gasteiger partial charge on any atom is -0.309 e. The predicted octanol–water partition coefficient (Wildman–Crippen LogP) is 20.4. The Kier molecular flexibility index (Phi) is 11.1. The molecule has 0 spiro atoms. The molecule has 14 aromatic rings. The number of fused-ring (bicyclic) bond motifs is 7. The third-order valence-corrected chi connectivity index (χ3v) is 16.5. The third-order valence-electron chi connectivity index (χ3n) is 16.5. The standard InChI is InChI=1S/C77H52N2/c1-5-25-53(26-6-1)61-41-22-27-54-28-23-42-65(75(54)61)62-37-14-18-46-71(62)79(60-36-21-29-55(51-60)56-49-50-74-68(52-56)64-39-16-20-48-73(64)78(74)59-34-11-4-12-35-59)72-47-19-15-38-63(72)66-43-24-45-70-76(66)67-40-13-17-44-69(67)77(70,57-30-7-2-8-31-57)58-32-9-3-10-33-58/h1-52H. The molecule has 15 rings (SSSR count). The van der Waals surface area contributed by atoms with Crippen molar-refractivity contribution in [3.63, 3.8) is 0 Å². The lowest BCUT2D eigenvalue weighted by molar-refractivity contribution is 0.768. The summed E-state index contributed by atoms with van der Waals surface area (Å²) < 4.78 is 2.39. The first kappa shape index (κ1) is 46.1. The normalized spacial score (nSPS) is 12.4. The van der Waals surface area contributed by atoms with Crippen molar-refractivity contribution in [1.29, 1.82) is 0 Å². The van der Waals surface area contributed by atoms with Gasteiger partial charge in [0, 0.05) is 33.3 Å². The van der Waals surface area contributed by atoms with Gasteiger partial charge in [0.25, 0.3) is 0 Å². The van der Waals surface area contributed by atoms with Crippen LogP contribution in [0, 0.1) is 0 Å². The van der Waals surface area contributed by atoms with Gasteiger partial charge >= 0.3 is 0 Å². The smallest absolute Gasteiger partial charge is 0.0713 e. The molecule has 0 aliphatic heterocycles. The molecular weight excluding hydrogens is 953 g/mol. The van der Waals surface area contributed by atoms with Gasteiger partial charge in [-0.25, -0.2) is 0 Å². The van der Waals surface area contributed by atoms with E-state index in [1.165, 1.54) is 88.2 Å². The van der Waals surface area contributed by atoms with E-state index in [9.17, 15) is 0 Å². The Balaban J connectivity index is 0.981. The van der Waals surface area contributed by atoms with E-state index in [1.54, 1.807) is 0 Å². The average molecular weight is 1010 g/mol. The van der Waals surface area contributed by atoms with Crippen molar-refractivity contribution in [3.05, 3.63) is 338 Å². The van der Waals surface area contributed by atoms with Crippen molar-refractivity contribution in [3.8, 4) is 61.3 Å². The number of hydrogen-bond acceptors (Lipinski definition) is 1. The molecule has 0 amide bonds. The summed E-state index contributed by atoms with van der Waals surface area (Å²) in [6.07, 6.45) is 0. The van der Waals surface area contributed by atoms with E-state index in [0.29, 0.717) is 0 Å². The molecule has 1 aliphatic carbocycles. The van der Waals surface area contributed by atoms with E-state index in [0.717, 1.165) is 45.0 Å². The van der Waals surface area contributed by atoms with Gasteiger partial charge in [-0.1, -0.05) is 261 Å². The molecule has 0 fully saturated rings. The van der Waals surface area contributed by atoms with Crippen LogP contribution in [0.15, 0.2) is 315 Å². The summed E-state index contributed by atoms with van der Waals surface area (Å²) in [4.78, 5) is 2.53. The molecular formula is C77H52N2. The fraction of sp³-hybridized carbons (Fsp3) is 0.0130. The van der Waals surface area contributed by atoms with Crippen LogP contribution in [0.1, 0.15) is 22.3 Å². The van der Waals surface area contributed by atoms with Gasteiger partial charge in [-0.05, 0) is 132 Å². The number of benzene rings is 13. The highest BCUT2D eigenvalue weighted by Gasteiger charge is 2.47. The topological polar surface area (TPSA) is 8.17 Å². The second kappa shape index (κ2) is 19.1. The number of hydrogen-bond donors (Lipinski definition) is 0. The summed E-state index contributed by atoms with van der Waals surface area (Å²) in [6.45, 7) is 0. The Morgan fingerprint density at radius 1 is 0.291 bits per heavy atom. The molecule has 370 valence electrons. The molecule has 0 saturated heterocycles. The van der Waals surface area contributed by atoms with Crippen molar-refractivity contribution in [2.75, 3.05) is 4.90 Å². The molecule has 0 N–H and O–H groups in total. The van der Waals surface area contributed by atoms with Gasteiger partial charge in [0.1, 0.15) is 0 Å². The minimum atomic E-state index is -0.542. The summed E-state index contributed by atoms with van der Waals surface area (Å²) in [6, 6.07) is 116. The van der Waals surface area contributed by atoms with Gasteiger partial charge in [0.05, 0.1) is 27.8 Å². The van der Waals surface area contributed by atoms with Crippen LogP contribution in [-0.2, 0) is 5.41 Å². The van der Waals surface area contributed by atoms with E-state index >= 15 is 0 Å². The van der Waals surface area contributed by atoms with Crippen LogP contribution in [0.5, 0.6) is 0 Å². The zero-order valence-corrected chi connectivity index (χ0v) is 43.4. The molecule has 79 heavy (non-hydrogen) atoms. The van der Waals surface area contributed by atoms with Crippen LogP contribution < -0.4 is 4.90 Å². The second-order valence-corrected chi connectivity index (χ2v) is 20.7. The zero-order chi connectivity index (χ0) is 52.3. The summed E-state index contributed by atoms with van der Waals surface area (Å²) in [5, 5.41) is 4.88. The predicted molar refractivity (Wildman–Crippen MR) is 332 cm³/mol. The summed E-state index contributed by atoms with van der Waals surface area (Å²) in [5.74, 6) is 0. The maximum absolute atomic E-state index is 2.53. The highest BCUT2D eigenvalue weighted by Crippen LogP contribution is 2.59. The Hall–Kier alpha value is -10.3. The van der Waals surface area contributed by atoms with E-state index < -0.39 is 5.41 Å². The zero-order valence-electron chi connectivity index (χ0n) is 43.4. The lowest BCUT2D eigenvalue weighted by Gasteiger charge is -2.34. The van der Waals surface area contributed by atoms with Crippen molar-refractivity contribution in [1.82, 2.24) is 4.57 Å². The third kappa shape index (κ3) is 7.41. The SMILES string of the molecule is c1ccc(-c2cccc3cccc(-c4ccccc4N(c4cccc(-c5ccc6c(c5)c5ccccc5n6-c5ccccc5)c4)c4ccccc4-c4cccc5c4-c4ccccc4C5(c4ccccc4)c4ccccc4)c23)cc1. The van der Waals surface area contributed by atoms with Crippen molar-refractivity contribution in [2.24, 2.45) is 0 Å². The van der Waals surface area contributed by atoms with Gasteiger partial charge in [0.2, 0.25) is 0 Å². The maximum Gasteiger partial charge on any atom is 0.0713 e. The molecule has 0 unspecified atom stereocenters. The van der Waals surface area contributed by atoms with Crippen molar-refractivity contribution < 1.29 is 0 Å². The summed E-state index contributed by atoms with van der Waals surface area (Å²) in [5.41, 5.74) is 23.1. The fourth-order valence-corrected chi connectivity index (χ4v) is 13.2. The van der Waals surface area contributed by atoms with Gasteiger partial charge in [-0.2, -0.15) is 0 Å². The van der Waals surface area contributed by atoms with Gasteiger partial charge in [0.15, 0.2) is 0 Å². The van der Waals surface area contributed by atoms with E-state index in [1.807, 2.05) is 0 Å². The Bertz CT molecular complexity index is 4550. The first-order valence-electron chi connectivity index (χ1n) is 27.3. The number of rotatable bonds is 10. The molecule has 0 saturated carbocycles. The molecule has 1 aliphatic rings. The van der Waals surface area contributed by atoms with Crippen LogP contribution >= 0.6 is 0 Å². The molecule has 1 heterocycles. The van der Waals surface area contributed by atoms with Crippen molar-refractivity contribution >= 4 is 49.6 Å². The number of nitrogens with zero attached hydrogens (tertiary/aromatic N) is 2. The molecule has 2 nitrogen and oxygen atoms in total. The lowest BCUT2D eigenvalue weighted by Crippen LogP contribution is -2.28. The van der Waals surface area contributed by atoms with Crippen molar-refractivity contribution in [2.45, 2.75) is 5.41 Å². The minimum absolute atomic E-state index is 0.542. The van der Waals surface area contributed by atoms with Gasteiger partial charge in [-0.15, -0.1) is 0 Å². The van der Waals surface area contributed by atoms with Crippen LogP contribution in [0.4, 0.5) is 17.1 Å². The lowest BCUT2D eigenvalue weighted by atomic mass is 9.67. The maximum atomic E-state index is 2.53. The number of para-hydroxylation sites is 4. The number of anilines is 3. The van der Waals surface area contributed by atoms with Crippen LogP contribution in [-0.4, -0.2) is 4.57 Å². The van der Waals surface area contributed by atoms with E-state index in [2.05, 4.69) is 325 Å². The Morgan fingerprint density at radius 2 is 0.785 bits per heavy atom. The van der Waals surface area contributed by atoms with Crippen LogP contribution in [0.2, 0.25) is 0 Å². The monoisotopic (exact) mass is 1000 g/mol. The average Bonchev–Trinajstić information content (AvgIpc) is 4.26.